The Morgan fingerprint density at radius 1 is 0.786 bits per heavy atom. The Morgan fingerprint density at radius 3 is 1.50 bits per heavy atom. The van der Waals surface area contributed by atoms with Crippen LogP contribution in [0.4, 0.5) is 0 Å². The van der Waals surface area contributed by atoms with Crippen LogP contribution in [0.3, 0.4) is 0 Å². The van der Waals surface area contributed by atoms with Gasteiger partial charge in [0.2, 0.25) is 0 Å². The van der Waals surface area contributed by atoms with E-state index in [0.717, 1.165) is 6.61 Å². The van der Waals surface area contributed by atoms with Gasteiger partial charge in [0, 0.05) is 7.11 Å². The van der Waals surface area contributed by atoms with Gasteiger partial charge in [-0.2, -0.15) is 0 Å². The molecule has 0 amide bonds. The SMILES string of the molecule is CCC[N+](CCC)(CCC)CCOC. The number of nitrogens with zero attached hydrogens (tertiary/aromatic N) is 1. The van der Waals surface area contributed by atoms with Crippen LogP contribution in [0.25, 0.3) is 0 Å². The van der Waals surface area contributed by atoms with E-state index in [2.05, 4.69) is 20.8 Å². The molecule has 0 aromatic carbocycles. The number of hydrogen-bond donors (Lipinski definition) is 0. The largest absolute Gasteiger partial charge is 0.379 e. The van der Waals surface area contributed by atoms with Gasteiger partial charge in [-0.3, -0.25) is 0 Å². The van der Waals surface area contributed by atoms with Crippen LogP contribution < -0.4 is 0 Å². The first kappa shape index (κ1) is 13.9. The topological polar surface area (TPSA) is 9.23 Å². The maximum absolute atomic E-state index is 5.22. The Morgan fingerprint density at radius 2 is 1.21 bits per heavy atom. The van der Waals surface area contributed by atoms with Gasteiger partial charge in [0.05, 0.1) is 26.2 Å². The predicted molar refractivity (Wildman–Crippen MR) is 62.5 cm³/mol. The van der Waals surface area contributed by atoms with Crippen LogP contribution >= 0.6 is 0 Å². The highest BCUT2D eigenvalue weighted by molar-refractivity contribution is 4.44. The predicted octanol–water partition coefficient (Wildman–Crippen LogP) is 2.68. The Kier molecular flexibility index (Phi) is 8.20. The summed E-state index contributed by atoms with van der Waals surface area (Å²) in [4.78, 5) is 0. The molecule has 14 heavy (non-hydrogen) atoms. The molecule has 0 aliphatic rings. The average Bonchev–Trinajstić information content (AvgIpc) is 2.16. The maximum atomic E-state index is 5.22. The van der Waals surface area contributed by atoms with Crippen molar-refractivity contribution in [1.82, 2.24) is 0 Å². The molecule has 0 aromatic heterocycles. The molecule has 0 radical (unpaired) electrons. The second-order valence-electron chi connectivity index (χ2n) is 4.23. The lowest BCUT2D eigenvalue weighted by Gasteiger charge is -2.38. The van der Waals surface area contributed by atoms with Gasteiger partial charge in [-0.1, -0.05) is 20.8 Å². The van der Waals surface area contributed by atoms with Gasteiger partial charge in [-0.05, 0) is 19.3 Å². The summed E-state index contributed by atoms with van der Waals surface area (Å²) in [7, 11) is 1.80. The van der Waals surface area contributed by atoms with Gasteiger partial charge in [-0.25, -0.2) is 0 Å². The normalized spacial score (nSPS) is 12.0. The maximum Gasteiger partial charge on any atom is 0.102 e. The second-order valence-corrected chi connectivity index (χ2v) is 4.23. The highest BCUT2D eigenvalue weighted by atomic mass is 16.5. The van der Waals surface area contributed by atoms with Gasteiger partial charge in [0.15, 0.2) is 0 Å². The summed E-state index contributed by atoms with van der Waals surface area (Å²) in [5.41, 5.74) is 0. The molecule has 0 heterocycles. The quantitative estimate of drug-likeness (QED) is 0.522. The zero-order valence-corrected chi connectivity index (χ0v) is 10.5. The summed E-state index contributed by atoms with van der Waals surface area (Å²) in [5, 5.41) is 0. The minimum Gasteiger partial charge on any atom is -0.379 e. The van der Waals surface area contributed by atoms with Gasteiger partial charge in [0.1, 0.15) is 6.54 Å². The lowest BCUT2D eigenvalue weighted by molar-refractivity contribution is -0.928. The first-order chi connectivity index (χ1) is 6.74. The summed E-state index contributed by atoms with van der Waals surface area (Å²) >= 11 is 0. The van der Waals surface area contributed by atoms with Crippen molar-refractivity contribution in [1.29, 1.82) is 0 Å². The number of ether oxygens (including phenoxy) is 1. The van der Waals surface area contributed by atoms with Crippen molar-refractivity contribution in [2.24, 2.45) is 0 Å². The van der Waals surface area contributed by atoms with E-state index in [4.69, 9.17) is 4.74 Å². The summed E-state index contributed by atoms with van der Waals surface area (Å²) in [5.74, 6) is 0. The highest BCUT2D eigenvalue weighted by Gasteiger charge is 2.23. The number of rotatable bonds is 9. The Labute approximate surface area is 89.8 Å². The second kappa shape index (κ2) is 8.25. The summed E-state index contributed by atoms with van der Waals surface area (Å²) < 4.78 is 6.48. The summed E-state index contributed by atoms with van der Waals surface area (Å²) in [6.45, 7) is 12.9. The van der Waals surface area contributed by atoms with Gasteiger partial charge >= 0.3 is 0 Å². The molecule has 0 saturated heterocycles. The molecule has 0 spiro atoms. The van der Waals surface area contributed by atoms with Crippen molar-refractivity contribution in [2.75, 3.05) is 39.9 Å². The molecule has 2 heteroatoms. The van der Waals surface area contributed by atoms with E-state index in [1.165, 1.54) is 49.9 Å². The van der Waals surface area contributed by atoms with E-state index in [1.54, 1.807) is 7.11 Å². The van der Waals surface area contributed by atoms with Crippen LogP contribution in [0.1, 0.15) is 40.0 Å². The van der Waals surface area contributed by atoms with E-state index < -0.39 is 0 Å². The van der Waals surface area contributed by atoms with Crippen LogP contribution in [-0.4, -0.2) is 44.4 Å². The first-order valence-corrected chi connectivity index (χ1v) is 6.08. The Bertz CT molecular complexity index is 108. The molecule has 0 aliphatic carbocycles. The highest BCUT2D eigenvalue weighted by Crippen LogP contribution is 2.11. The molecule has 0 unspecified atom stereocenters. The molecule has 0 rings (SSSR count). The average molecular weight is 202 g/mol. The minimum atomic E-state index is 0.903. The zero-order chi connectivity index (χ0) is 10.9. The van der Waals surface area contributed by atoms with Crippen LogP contribution in [-0.2, 0) is 4.74 Å². The summed E-state index contributed by atoms with van der Waals surface area (Å²) in [6.07, 6.45) is 3.84. The number of hydrogen-bond acceptors (Lipinski definition) is 1. The van der Waals surface area contributed by atoms with E-state index >= 15 is 0 Å². The molecule has 0 saturated carbocycles. The van der Waals surface area contributed by atoms with Gasteiger partial charge in [0.25, 0.3) is 0 Å². The van der Waals surface area contributed by atoms with Crippen LogP contribution in [0, 0.1) is 0 Å². The van der Waals surface area contributed by atoms with Crippen molar-refractivity contribution in [3.8, 4) is 0 Å². The fourth-order valence-electron chi connectivity index (χ4n) is 2.38. The van der Waals surface area contributed by atoms with Crippen LogP contribution in [0.2, 0.25) is 0 Å². The van der Waals surface area contributed by atoms with Crippen molar-refractivity contribution < 1.29 is 9.22 Å². The van der Waals surface area contributed by atoms with E-state index in [0.29, 0.717) is 0 Å². The minimum absolute atomic E-state index is 0.903. The molecule has 0 N–H and O–H groups in total. The molecule has 0 aliphatic heterocycles. The van der Waals surface area contributed by atoms with E-state index in [1.807, 2.05) is 0 Å². The van der Waals surface area contributed by atoms with Crippen molar-refractivity contribution in [3.63, 3.8) is 0 Å². The lowest BCUT2D eigenvalue weighted by Crippen LogP contribution is -2.51. The van der Waals surface area contributed by atoms with Gasteiger partial charge < -0.3 is 9.22 Å². The fourth-order valence-corrected chi connectivity index (χ4v) is 2.38. The molecular weight excluding hydrogens is 174 g/mol. The monoisotopic (exact) mass is 202 g/mol. The third kappa shape index (κ3) is 4.97. The Hall–Kier alpha value is -0.0800. The summed E-state index contributed by atoms with van der Waals surface area (Å²) in [6, 6.07) is 0. The zero-order valence-electron chi connectivity index (χ0n) is 10.5. The molecule has 0 aromatic rings. The van der Waals surface area contributed by atoms with Crippen molar-refractivity contribution in [3.05, 3.63) is 0 Å². The van der Waals surface area contributed by atoms with Crippen LogP contribution in [0.15, 0.2) is 0 Å². The smallest absolute Gasteiger partial charge is 0.102 e. The molecule has 0 fully saturated rings. The third-order valence-electron chi connectivity index (χ3n) is 2.86. The third-order valence-corrected chi connectivity index (χ3v) is 2.86. The van der Waals surface area contributed by atoms with Crippen molar-refractivity contribution >= 4 is 0 Å². The number of methoxy groups -OCH3 is 1. The first-order valence-electron chi connectivity index (χ1n) is 6.08. The van der Waals surface area contributed by atoms with Crippen molar-refractivity contribution in [2.45, 2.75) is 40.0 Å². The molecule has 2 nitrogen and oxygen atoms in total. The van der Waals surface area contributed by atoms with Crippen LogP contribution in [0.5, 0.6) is 0 Å². The standard InChI is InChI=1S/C12H28NO/c1-5-8-13(9-6-2,10-7-3)11-12-14-4/h5-12H2,1-4H3/q+1. The molecule has 0 atom stereocenters. The Balaban J connectivity index is 4.21. The van der Waals surface area contributed by atoms with E-state index in [-0.39, 0.29) is 0 Å². The number of quaternary nitrogens is 1. The molecular formula is C12H28NO+. The van der Waals surface area contributed by atoms with E-state index in [9.17, 15) is 0 Å². The lowest BCUT2D eigenvalue weighted by atomic mass is 10.2. The molecule has 86 valence electrons. The molecule has 0 bridgehead atoms. The fraction of sp³-hybridized carbons (Fsp3) is 1.00. The van der Waals surface area contributed by atoms with Gasteiger partial charge in [-0.15, -0.1) is 0 Å².